The van der Waals surface area contributed by atoms with Crippen LogP contribution in [0.1, 0.15) is 42.0 Å². The maximum Gasteiger partial charge on any atom is 0.404 e. The zero-order chi connectivity index (χ0) is 29.5. The van der Waals surface area contributed by atoms with Gasteiger partial charge in [-0.2, -0.15) is 5.10 Å². The summed E-state index contributed by atoms with van der Waals surface area (Å²) in [6.45, 7) is 4.92. The van der Waals surface area contributed by atoms with E-state index in [1.165, 1.54) is 4.57 Å². The second-order valence-corrected chi connectivity index (χ2v) is 10.1. The highest BCUT2D eigenvalue weighted by molar-refractivity contribution is 5.70. The Balaban J connectivity index is 1.56. The number of nitrogens with one attached hydrogen (secondary N) is 1. The van der Waals surface area contributed by atoms with Crippen molar-refractivity contribution in [2.45, 2.75) is 39.6 Å². The summed E-state index contributed by atoms with van der Waals surface area (Å²) < 4.78 is 19.0. The molecule has 0 saturated carbocycles. The Kier molecular flexibility index (Phi) is 8.67. The molecule has 0 aliphatic heterocycles. The van der Waals surface area contributed by atoms with Crippen molar-refractivity contribution in [3.63, 3.8) is 0 Å². The van der Waals surface area contributed by atoms with Gasteiger partial charge in [0.2, 0.25) is 0 Å². The molecule has 1 amide bonds. The zero-order valence-electron chi connectivity index (χ0n) is 23.4. The molecule has 3 N–H and O–H groups in total. The van der Waals surface area contributed by atoms with E-state index in [-0.39, 0.29) is 12.5 Å². The lowest BCUT2D eigenvalue weighted by Gasteiger charge is -2.20. The van der Waals surface area contributed by atoms with Crippen LogP contribution in [-0.4, -0.2) is 20.9 Å². The molecule has 1 aromatic heterocycles. The second-order valence-electron chi connectivity index (χ2n) is 10.1. The van der Waals surface area contributed by atoms with E-state index in [0.717, 1.165) is 22.3 Å². The van der Waals surface area contributed by atoms with Crippen LogP contribution in [0, 0.1) is 0 Å². The lowest BCUT2D eigenvalue weighted by molar-refractivity contribution is 0.150. The number of carbonyl (C=O) groups excluding carboxylic acids is 1. The standard InChI is InChI=1S/C33H32N4O5/c1-22(2)27-17-28(31-35-36-33(39)37(31)26-15-13-25(14-16-26)21-42-32(34)38)30(41-20-24-11-7-4-8-12-24)18-29(27)40-19-23-9-5-3-6-10-23/h3-18,22H,19-21H2,1-2H3,(H2,34,38)(H,36,39). The number of nitrogens with two attached hydrogens (primary N) is 1. The van der Waals surface area contributed by atoms with Crippen molar-refractivity contribution in [3.8, 4) is 28.6 Å². The highest BCUT2D eigenvalue weighted by Crippen LogP contribution is 2.39. The molecule has 0 bridgehead atoms. The van der Waals surface area contributed by atoms with Gasteiger partial charge in [0, 0.05) is 6.07 Å². The minimum atomic E-state index is -0.854. The number of ether oxygens (including phenoxy) is 3. The normalized spacial score (nSPS) is 10.9. The van der Waals surface area contributed by atoms with Crippen LogP contribution >= 0.6 is 0 Å². The van der Waals surface area contributed by atoms with Gasteiger partial charge < -0.3 is 19.9 Å². The number of benzene rings is 4. The maximum absolute atomic E-state index is 13.0. The van der Waals surface area contributed by atoms with Crippen LogP contribution in [0.3, 0.4) is 0 Å². The van der Waals surface area contributed by atoms with Crippen molar-refractivity contribution in [2.24, 2.45) is 5.73 Å². The van der Waals surface area contributed by atoms with Crippen LogP contribution in [0.15, 0.2) is 102 Å². The number of hydrogen-bond donors (Lipinski definition) is 2. The first-order valence-electron chi connectivity index (χ1n) is 13.6. The van der Waals surface area contributed by atoms with Gasteiger partial charge in [-0.1, -0.05) is 86.6 Å². The smallest absolute Gasteiger partial charge is 0.404 e. The molecule has 0 radical (unpaired) electrons. The van der Waals surface area contributed by atoms with Crippen molar-refractivity contribution in [1.29, 1.82) is 0 Å². The minimum absolute atomic E-state index is 0.0302. The predicted molar refractivity (Wildman–Crippen MR) is 160 cm³/mol. The van der Waals surface area contributed by atoms with Gasteiger partial charge in [-0.25, -0.2) is 19.3 Å². The molecule has 4 aromatic carbocycles. The van der Waals surface area contributed by atoms with Crippen LogP contribution in [0.2, 0.25) is 0 Å². The summed E-state index contributed by atoms with van der Waals surface area (Å²) in [6, 6.07) is 30.7. The Bertz CT molecular complexity index is 1690. The van der Waals surface area contributed by atoms with E-state index in [4.69, 9.17) is 19.9 Å². The average Bonchev–Trinajstić information content (AvgIpc) is 3.39. The number of nitrogens with zero attached hydrogens (tertiary/aromatic N) is 2. The molecular weight excluding hydrogens is 532 g/mol. The number of carbonyl (C=O) groups is 1. The fraction of sp³-hybridized carbons (Fsp3) is 0.182. The molecule has 0 fully saturated rings. The van der Waals surface area contributed by atoms with E-state index < -0.39 is 11.8 Å². The second kappa shape index (κ2) is 12.9. The van der Waals surface area contributed by atoms with Gasteiger partial charge in [0.15, 0.2) is 5.82 Å². The third-order valence-corrected chi connectivity index (χ3v) is 6.70. The van der Waals surface area contributed by atoms with Crippen molar-refractivity contribution in [2.75, 3.05) is 0 Å². The van der Waals surface area contributed by atoms with Gasteiger partial charge in [-0.15, -0.1) is 0 Å². The van der Waals surface area contributed by atoms with Gasteiger partial charge in [-0.05, 0) is 46.4 Å². The number of aromatic amines is 1. The van der Waals surface area contributed by atoms with Crippen molar-refractivity contribution >= 4 is 6.09 Å². The van der Waals surface area contributed by atoms with E-state index in [1.54, 1.807) is 24.3 Å². The number of rotatable bonds is 11. The Labute approximate surface area is 243 Å². The molecule has 0 atom stereocenters. The van der Waals surface area contributed by atoms with E-state index in [1.807, 2.05) is 72.8 Å². The average molecular weight is 565 g/mol. The summed E-state index contributed by atoms with van der Waals surface area (Å²) in [7, 11) is 0. The summed E-state index contributed by atoms with van der Waals surface area (Å²) in [5, 5.41) is 6.99. The molecule has 0 unspecified atom stereocenters. The summed E-state index contributed by atoms with van der Waals surface area (Å²) >= 11 is 0. The third-order valence-electron chi connectivity index (χ3n) is 6.70. The number of hydrogen-bond acceptors (Lipinski definition) is 6. The molecule has 5 rings (SSSR count). The van der Waals surface area contributed by atoms with Gasteiger partial charge in [0.05, 0.1) is 11.3 Å². The molecule has 42 heavy (non-hydrogen) atoms. The first-order chi connectivity index (χ1) is 20.4. The molecule has 5 aromatic rings. The van der Waals surface area contributed by atoms with Gasteiger partial charge in [-0.3, -0.25) is 0 Å². The van der Waals surface area contributed by atoms with Gasteiger partial charge >= 0.3 is 11.8 Å². The number of amides is 1. The molecule has 9 heteroatoms. The fourth-order valence-corrected chi connectivity index (χ4v) is 4.53. The predicted octanol–water partition coefficient (Wildman–Crippen LogP) is 6.10. The highest BCUT2D eigenvalue weighted by Gasteiger charge is 2.22. The van der Waals surface area contributed by atoms with Crippen LogP contribution in [0.25, 0.3) is 17.1 Å². The topological polar surface area (TPSA) is 121 Å². The number of aromatic nitrogens is 3. The van der Waals surface area contributed by atoms with Crippen molar-refractivity contribution < 1.29 is 19.0 Å². The lowest BCUT2D eigenvalue weighted by Crippen LogP contribution is -2.16. The Morgan fingerprint density at radius 1 is 0.810 bits per heavy atom. The van der Waals surface area contributed by atoms with E-state index in [0.29, 0.717) is 41.8 Å². The van der Waals surface area contributed by atoms with E-state index in [9.17, 15) is 9.59 Å². The highest BCUT2D eigenvalue weighted by atomic mass is 16.5. The lowest BCUT2D eigenvalue weighted by atomic mass is 9.98. The summed E-state index contributed by atoms with van der Waals surface area (Å²) in [5.41, 5.74) is 9.62. The monoisotopic (exact) mass is 564 g/mol. The van der Waals surface area contributed by atoms with Crippen molar-refractivity contribution in [3.05, 3.63) is 130 Å². The van der Waals surface area contributed by atoms with Gasteiger partial charge in [0.25, 0.3) is 0 Å². The fourth-order valence-electron chi connectivity index (χ4n) is 4.53. The molecule has 0 aliphatic rings. The largest absolute Gasteiger partial charge is 0.488 e. The number of primary amides is 1. The Morgan fingerprint density at radius 3 is 1.95 bits per heavy atom. The maximum atomic E-state index is 13.0. The quantitative estimate of drug-likeness (QED) is 0.200. The first kappa shape index (κ1) is 28.2. The molecule has 0 aliphatic carbocycles. The third kappa shape index (κ3) is 6.69. The molecular formula is C33H32N4O5. The molecule has 9 nitrogen and oxygen atoms in total. The Morgan fingerprint density at radius 2 is 1.38 bits per heavy atom. The minimum Gasteiger partial charge on any atom is -0.488 e. The molecule has 0 saturated heterocycles. The molecule has 1 heterocycles. The first-order valence-corrected chi connectivity index (χ1v) is 13.6. The Hall–Kier alpha value is -5.31. The number of H-pyrrole nitrogens is 1. The van der Waals surface area contributed by atoms with Crippen LogP contribution in [0.5, 0.6) is 11.5 Å². The van der Waals surface area contributed by atoms with E-state index in [2.05, 4.69) is 24.0 Å². The van der Waals surface area contributed by atoms with Crippen LogP contribution in [0.4, 0.5) is 4.79 Å². The van der Waals surface area contributed by atoms with Gasteiger partial charge in [0.1, 0.15) is 31.3 Å². The summed E-state index contributed by atoms with van der Waals surface area (Å²) in [4.78, 5) is 24.0. The summed E-state index contributed by atoms with van der Waals surface area (Å²) in [5.74, 6) is 1.73. The summed E-state index contributed by atoms with van der Waals surface area (Å²) in [6.07, 6.45) is -0.854. The van der Waals surface area contributed by atoms with Crippen LogP contribution in [-0.2, 0) is 24.6 Å². The van der Waals surface area contributed by atoms with E-state index >= 15 is 0 Å². The van der Waals surface area contributed by atoms with Crippen molar-refractivity contribution in [1.82, 2.24) is 14.8 Å². The zero-order valence-corrected chi connectivity index (χ0v) is 23.4. The SMILES string of the molecule is CC(C)c1cc(-c2n[nH]c(=O)n2-c2ccc(COC(N)=O)cc2)c(OCc2ccccc2)cc1OCc1ccccc1. The molecule has 214 valence electrons. The molecule has 0 spiro atoms. The van der Waals surface area contributed by atoms with Crippen LogP contribution < -0.4 is 20.9 Å².